The van der Waals surface area contributed by atoms with Crippen molar-refractivity contribution in [2.75, 3.05) is 5.32 Å². The van der Waals surface area contributed by atoms with Crippen molar-refractivity contribution in [3.63, 3.8) is 0 Å². The molecule has 1 aromatic rings. The number of hydrogen-bond donors (Lipinski definition) is 1. The highest BCUT2D eigenvalue weighted by molar-refractivity contribution is 5.93. The molecule has 2 aliphatic rings. The van der Waals surface area contributed by atoms with E-state index in [9.17, 15) is 9.59 Å². The third-order valence-electron chi connectivity index (χ3n) is 3.27. The molecular weight excluding hydrogens is 250 g/mol. The summed E-state index contributed by atoms with van der Waals surface area (Å²) in [4.78, 5) is 23.5. The molecule has 0 unspecified atom stereocenters. The summed E-state index contributed by atoms with van der Waals surface area (Å²) in [5.41, 5.74) is -0.918. The van der Waals surface area contributed by atoms with Gasteiger partial charge >= 0.3 is 11.6 Å². The van der Waals surface area contributed by atoms with Crippen molar-refractivity contribution in [2.45, 2.75) is 44.9 Å². The van der Waals surface area contributed by atoms with Crippen molar-refractivity contribution in [2.24, 2.45) is 0 Å². The minimum atomic E-state index is -1.08. The Bertz CT molecular complexity index is 585. The molecule has 6 nitrogen and oxygen atoms in total. The first-order valence-corrected chi connectivity index (χ1v) is 6.32. The van der Waals surface area contributed by atoms with Crippen LogP contribution in [0.5, 0.6) is 5.75 Å². The van der Waals surface area contributed by atoms with Gasteiger partial charge in [-0.2, -0.15) is 0 Å². The van der Waals surface area contributed by atoms with Crippen LogP contribution in [0.25, 0.3) is 0 Å². The second kappa shape index (κ2) is 4.01. The number of carbonyl (C=O) groups excluding carboxylic acids is 1. The lowest BCUT2D eigenvalue weighted by Crippen LogP contribution is -2.41. The largest absolute Gasteiger partial charge is 0.451 e. The van der Waals surface area contributed by atoms with Gasteiger partial charge in [0, 0.05) is 26.0 Å². The third kappa shape index (κ3) is 2.18. The molecule has 0 spiro atoms. The predicted octanol–water partition coefficient (Wildman–Crippen LogP) is 1.89. The van der Waals surface area contributed by atoms with Gasteiger partial charge in [0.25, 0.3) is 0 Å². The lowest BCUT2D eigenvalue weighted by molar-refractivity contribution is -0.128. The summed E-state index contributed by atoms with van der Waals surface area (Å²) in [5, 5.41) is 3.11. The fraction of sp³-hybridized carbons (Fsp3) is 0.538. The van der Waals surface area contributed by atoms with Crippen LogP contribution >= 0.6 is 0 Å². The van der Waals surface area contributed by atoms with Gasteiger partial charge < -0.3 is 19.2 Å². The van der Waals surface area contributed by atoms with Crippen molar-refractivity contribution in [1.29, 1.82) is 0 Å². The molecule has 3 rings (SSSR count). The van der Waals surface area contributed by atoms with E-state index in [1.54, 1.807) is 13.8 Å². The van der Waals surface area contributed by atoms with Gasteiger partial charge in [-0.15, -0.1) is 0 Å². The predicted molar refractivity (Wildman–Crippen MR) is 66.4 cm³/mol. The number of carbonyl (C=O) groups is 1. The second-order valence-electron chi connectivity index (χ2n) is 5.30. The monoisotopic (exact) mass is 265 g/mol. The normalized spacial score (nSPS) is 20.8. The van der Waals surface area contributed by atoms with Gasteiger partial charge in [-0.1, -0.05) is 0 Å². The van der Waals surface area contributed by atoms with Crippen LogP contribution in [0.15, 0.2) is 15.3 Å². The number of esters is 1. The zero-order chi connectivity index (χ0) is 13.6. The van der Waals surface area contributed by atoms with Gasteiger partial charge in [-0.3, -0.25) is 0 Å². The minimum Gasteiger partial charge on any atom is -0.451 e. The maximum atomic E-state index is 11.8. The maximum Gasteiger partial charge on any atom is 0.356 e. The Labute approximate surface area is 109 Å². The van der Waals surface area contributed by atoms with Crippen LogP contribution in [-0.4, -0.2) is 17.8 Å². The SMILES string of the molecule is CC1(C)OC(=O)c2c(cc(NC3CCC3)oc2=O)O1. The summed E-state index contributed by atoms with van der Waals surface area (Å²) in [6, 6.07) is 1.86. The van der Waals surface area contributed by atoms with E-state index in [1.165, 1.54) is 12.5 Å². The maximum absolute atomic E-state index is 11.8. The standard InChI is InChI=1S/C13H15NO5/c1-13(2)18-8-6-9(14-7-4-3-5-7)17-11(15)10(8)12(16)19-13/h6-7,14H,3-5H2,1-2H3. The molecule has 0 saturated heterocycles. The van der Waals surface area contributed by atoms with Crippen molar-refractivity contribution >= 4 is 11.9 Å². The van der Waals surface area contributed by atoms with Crippen molar-refractivity contribution in [1.82, 2.24) is 0 Å². The minimum absolute atomic E-state index is 0.182. The van der Waals surface area contributed by atoms with Crippen LogP contribution < -0.4 is 15.7 Å². The number of rotatable bonds is 2. The van der Waals surface area contributed by atoms with E-state index in [4.69, 9.17) is 13.9 Å². The number of ether oxygens (including phenoxy) is 2. The average Bonchev–Trinajstić information content (AvgIpc) is 2.20. The topological polar surface area (TPSA) is 77.8 Å². The molecule has 19 heavy (non-hydrogen) atoms. The van der Waals surface area contributed by atoms with E-state index in [2.05, 4.69) is 5.32 Å². The van der Waals surface area contributed by atoms with E-state index in [0.29, 0.717) is 11.9 Å². The Balaban J connectivity index is 1.97. The Hall–Kier alpha value is -1.98. The molecule has 1 saturated carbocycles. The van der Waals surface area contributed by atoms with Gasteiger partial charge in [0.15, 0.2) is 11.3 Å². The molecule has 1 aliphatic carbocycles. The molecular formula is C13H15NO5. The molecule has 0 bridgehead atoms. The first-order valence-electron chi connectivity index (χ1n) is 6.32. The first kappa shape index (κ1) is 12.1. The van der Waals surface area contributed by atoms with Crippen LogP contribution in [0, 0.1) is 0 Å². The lowest BCUT2D eigenvalue weighted by Gasteiger charge is -2.31. The Kier molecular flexibility index (Phi) is 2.55. The van der Waals surface area contributed by atoms with E-state index in [1.807, 2.05) is 0 Å². The van der Waals surface area contributed by atoms with Gasteiger partial charge in [0.2, 0.25) is 11.7 Å². The highest BCUT2D eigenvalue weighted by Crippen LogP contribution is 2.32. The van der Waals surface area contributed by atoms with E-state index in [-0.39, 0.29) is 11.3 Å². The summed E-state index contributed by atoms with van der Waals surface area (Å²) < 4.78 is 15.6. The van der Waals surface area contributed by atoms with Crippen molar-refractivity contribution in [3.8, 4) is 5.75 Å². The summed E-state index contributed by atoms with van der Waals surface area (Å²) >= 11 is 0. The van der Waals surface area contributed by atoms with Gasteiger partial charge in [0.1, 0.15) is 0 Å². The zero-order valence-electron chi connectivity index (χ0n) is 10.8. The highest BCUT2D eigenvalue weighted by atomic mass is 16.7. The van der Waals surface area contributed by atoms with Crippen molar-refractivity contribution in [3.05, 3.63) is 22.0 Å². The number of anilines is 1. The van der Waals surface area contributed by atoms with Gasteiger partial charge in [0.05, 0.1) is 0 Å². The Morgan fingerprint density at radius 2 is 2.00 bits per heavy atom. The average molecular weight is 265 g/mol. The second-order valence-corrected chi connectivity index (χ2v) is 5.30. The van der Waals surface area contributed by atoms with Crippen LogP contribution in [0.1, 0.15) is 43.5 Å². The fourth-order valence-electron chi connectivity index (χ4n) is 2.12. The Morgan fingerprint density at radius 3 is 2.63 bits per heavy atom. The number of hydrogen-bond acceptors (Lipinski definition) is 6. The summed E-state index contributed by atoms with van der Waals surface area (Å²) in [6.45, 7) is 3.23. The van der Waals surface area contributed by atoms with E-state index in [0.717, 1.165) is 12.8 Å². The number of cyclic esters (lactones) is 1. The molecule has 2 heterocycles. The smallest absolute Gasteiger partial charge is 0.356 e. The molecule has 1 aliphatic heterocycles. The lowest BCUT2D eigenvalue weighted by atomic mass is 9.93. The van der Waals surface area contributed by atoms with Crippen LogP contribution in [0.2, 0.25) is 0 Å². The fourth-order valence-corrected chi connectivity index (χ4v) is 2.12. The molecule has 6 heteroatoms. The van der Waals surface area contributed by atoms with Crippen LogP contribution in [0.3, 0.4) is 0 Å². The molecule has 0 aromatic carbocycles. The third-order valence-corrected chi connectivity index (χ3v) is 3.27. The summed E-state index contributed by atoms with van der Waals surface area (Å²) in [6.07, 6.45) is 3.27. The number of nitrogens with one attached hydrogen (secondary N) is 1. The van der Waals surface area contributed by atoms with Crippen LogP contribution in [0.4, 0.5) is 5.88 Å². The zero-order valence-corrected chi connectivity index (χ0v) is 10.8. The number of fused-ring (bicyclic) bond motifs is 1. The molecule has 0 radical (unpaired) electrons. The molecule has 1 N–H and O–H groups in total. The Morgan fingerprint density at radius 1 is 1.26 bits per heavy atom. The summed E-state index contributed by atoms with van der Waals surface area (Å²) in [5.74, 6) is -1.25. The summed E-state index contributed by atoms with van der Waals surface area (Å²) in [7, 11) is 0. The molecule has 1 aromatic heterocycles. The van der Waals surface area contributed by atoms with Gasteiger partial charge in [-0.25, -0.2) is 9.59 Å². The molecule has 0 amide bonds. The first-order chi connectivity index (χ1) is 8.94. The quantitative estimate of drug-likeness (QED) is 0.823. The highest BCUT2D eigenvalue weighted by Gasteiger charge is 2.37. The van der Waals surface area contributed by atoms with Crippen LogP contribution in [-0.2, 0) is 4.74 Å². The van der Waals surface area contributed by atoms with E-state index >= 15 is 0 Å². The molecule has 102 valence electrons. The van der Waals surface area contributed by atoms with Crippen molar-refractivity contribution < 1.29 is 18.7 Å². The molecule has 0 atom stereocenters. The van der Waals surface area contributed by atoms with E-state index < -0.39 is 17.4 Å². The molecule has 1 fully saturated rings. The van der Waals surface area contributed by atoms with Gasteiger partial charge in [-0.05, 0) is 19.3 Å².